The van der Waals surface area contributed by atoms with Gasteiger partial charge in [0.05, 0.1) is 18.8 Å². The van der Waals surface area contributed by atoms with Crippen molar-refractivity contribution in [2.45, 2.75) is 64.5 Å². The molecule has 1 aromatic rings. The van der Waals surface area contributed by atoms with E-state index in [2.05, 4.69) is 9.88 Å². The summed E-state index contributed by atoms with van der Waals surface area (Å²) in [5.41, 5.74) is 0.654. The summed E-state index contributed by atoms with van der Waals surface area (Å²) in [5, 5.41) is 0. The van der Waals surface area contributed by atoms with Crippen molar-refractivity contribution in [1.82, 2.24) is 14.8 Å². The third kappa shape index (κ3) is 5.45. The van der Waals surface area contributed by atoms with Crippen molar-refractivity contribution in [2.24, 2.45) is 0 Å². The van der Waals surface area contributed by atoms with E-state index in [1.165, 1.54) is 19.3 Å². The Morgan fingerprint density at radius 1 is 1.04 bits per heavy atom. The Hall–Kier alpha value is -1.66. The van der Waals surface area contributed by atoms with Crippen LogP contribution in [0, 0.1) is 0 Å². The molecule has 1 aliphatic carbocycles. The van der Waals surface area contributed by atoms with E-state index >= 15 is 0 Å². The number of hydrogen-bond acceptors (Lipinski definition) is 5. The van der Waals surface area contributed by atoms with Crippen LogP contribution in [0.3, 0.4) is 0 Å². The van der Waals surface area contributed by atoms with Gasteiger partial charge >= 0.3 is 0 Å². The molecular formula is C22H35N3O3. The number of aromatic nitrogens is 1. The number of nitrogens with zero attached hydrogens (tertiary/aromatic N) is 3. The molecule has 1 saturated carbocycles. The minimum absolute atomic E-state index is 0.0885. The normalized spacial score (nSPS) is 21.9. The first-order valence-corrected chi connectivity index (χ1v) is 11.0. The second-order valence-corrected chi connectivity index (χ2v) is 7.58. The van der Waals surface area contributed by atoms with Crippen LogP contribution in [0.15, 0.2) is 18.3 Å². The maximum absolute atomic E-state index is 12.8. The van der Waals surface area contributed by atoms with Gasteiger partial charge in [0.15, 0.2) is 0 Å². The predicted molar refractivity (Wildman–Crippen MR) is 110 cm³/mol. The molecule has 3 fully saturated rings. The van der Waals surface area contributed by atoms with Crippen molar-refractivity contribution in [3.05, 3.63) is 23.9 Å². The van der Waals surface area contributed by atoms with Crippen LogP contribution >= 0.6 is 0 Å². The van der Waals surface area contributed by atoms with Crippen molar-refractivity contribution in [3.8, 4) is 5.88 Å². The lowest BCUT2D eigenvalue weighted by molar-refractivity contribution is 0.0237. The van der Waals surface area contributed by atoms with E-state index < -0.39 is 0 Å². The van der Waals surface area contributed by atoms with Gasteiger partial charge in [-0.3, -0.25) is 9.69 Å². The molecule has 156 valence electrons. The van der Waals surface area contributed by atoms with E-state index in [0.29, 0.717) is 11.4 Å². The van der Waals surface area contributed by atoms with Gasteiger partial charge in [0.2, 0.25) is 5.88 Å². The first-order chi connectivity index (χ1) is 13.8. The number of hydrogen-bond donors (Lipinski definition) is 0. The molecule has 3 aliphatic rings. The molecule has 0 atom stereocenters. The maximum Gasteiger partial charge on any atom is 0.255 e. The van der Waals surface area contributed by atoms with Crippen LogP contribution in [0.25, 0.3) is 0 Å². The molecule has 6 nitrogen and oxygen atoms in total. The zero-order valence-electron chi connectivity index (χ0n) is 17.4. The molecule has 3 heterocycles. The molecule has 4 rings (SSSR count). The van der Waals surface area contributed by atoms with Crippen LogP contribution in [-0.4, -0.2) is 72.2 Å². The molecule has 0 aromatic carbocycles. The Morgan fingerprint density at radius 2 is 1.82 bits per heavy atom. The van der Waals surface area contributed by atoms with E-state index in [4.69, 9.17) is 9.47 Å². The monoisotopic (exact) mass is 389 g/mol. The molecule has 1 amide bonds. The highest BCUT2D eigenvalue weighted by Crippen LogP contribution is 2.26. The Kier molecular flexibility index (Phi) is 8.10. The number of carbonyl (C=O) groups excluding carboxylic acids is 1. The first-order valence-electron chi connectivity index (χ1n) is 11.0. The van der Waals surface area contributed by atoms with Crippen molar-refractivity contribution < 1.29 is 14.3 Å². The lowest BCUT2D eigenvalue weighted by Crippen LogP contribution is -2.42. The minimum Gasteiger partial charge on any atom is -0.474 e. The Labute approximate surface area is 169 Å². The van der Waals surface area contributed by atoms with Crippen LogP contribution < -0.4 is 4.74 Å². The van der Waals surface area contributed by atoms with Crippen molar-refractivity contribution in [1.29, 1.82) is 0 Å². The summed E-state index contributed by atoms with van der Waals surface area (Å²) < 4.78 is 11.2. The number of carbonyl (C=O) groups is 1. The van der Waals surface area contributed by atoms with E-state index in [0.717, 1.165) is 64.7 Å². The Bertz CT molecular complexity index is 598. The van der Waals surface area contributed by atoms with Crippen molar-refractivity contribution >= 4 is 5.91 Å². The summed E-state index contributed by atoms with van der Waals surface area (Å²) in [6, 6.07) is 4.42. The lowest BCUT2D eigenvalue weighted by Gasteiger charge is -2.36. The molecule has 2 aliphatic heterocycles. The molecule has 0 bridgehead atoms. The van der Waals surface area contributed by atoms with Gasteiger partial charge in [-0.15, -0.1) is 0 Å². The summed E-state index contributed by atoms with van der Waals surface area (Å²) in [5.74, 6) is 0.686. The maximum atomic E-state index is 12.8. The molecule has 0 radical (unpaired) electrons. The molecule has 0 unspecified atom stereocenters. The molecule has 2 saturated heterocycles. The van der Waals surface area contributed by atoms with Crippen molar-refractivity contribution in [2.75, 3.05) is 39.4 Å². The van der Waals surface area contributed by atoms with Gasteiger partial charge in [-0.05, 0) is 25.3 Å². The van der Waals surface area contributed by atoms with Gasteiger partial charge in [-0.2, -0.15) is 0 Å². The van der Waals surface area contributed by atoms with E-state index in [1.54, 1.807) is 6.20 Å². The minimum atomic E-state index is 0.0885. The second-order valence-electron chi connectivity index (χ2n) is 7.58. The molecule has 0 N–H and O–H groups in total. The quantitative estimate of drug-likeness (QED) is 0.790. The zero-order valence-corrected chi connectivity index (χ0v) is 17.4. The summed E-state index contributed by atoms with van der Waals surface area (Å²) in [7, 11) is 0. The van der Waals surface area contributed by atoms with Crippen LogP contribution in [0.2, 0.25) is 0 Å². The molecule has 28 heavy (non-hydrogen) atoms. The lowest BCUT2D eigenvalue weighted by atomic mass is 9.91. The zero-order chi connectivity index (χ0) is 19.8. The highest BCUT2D eigenvalue weighted by molar-refractivity contribution is 5.94. The highest BCUT2D eigenvalue weighted by Gasteiger charge is 2.28. The fraction of sp³-hybridized carbons (Fsp3) is 0.727. The van der Waals surface area contributed by atoms with Crippen LogP contribution in [0.4, 0.5) is 0 Å². The largest absolute Gasteiger partial charge is 0.474 e. The molecule has 6 heteroatoms. The molecule has 1 aromatic heterocycles. The van der Waals surface area contributed by atoms with Crippen LogP contribution in [0.1, 0.15) is 62.7 Å². The van der Waals surface area contributed by atoms with Gasteiger partial charge in [0.25, 0.3) is 5.91 Å². The van der Waals surface area contributed by atoms with E-state index in [9.17, 15) is 4.79 Å². The molecule has 0 spiro atoms. The summed E-state index contributed by atoms with van der Waals surface area (Å²) in [6.07, 6.45) is 8.69. The fourth-order valence-electron chi connectivity index (χ4n) is 3.98. The van der Waals surface area contributed by atoms with Crippen LogP contribution in [-0.2, 0) is 4.74 Å². The number of rotatable bonds is 4. The smallest absolute Gasteiger partial charge is 0.255 e. The Morgan fingerprint density at radius 3 is 2.46 bits per heavy atom. The van der Waals surface area contributed by atoms with E-state index in [1.807, 2.05) is 30.9 Å². The summed E-state index contributed by atoms with van der Waals surface area (Å²) >= 11 is 0. The van der Waals surface area contributed by atoms with Gasteiger partial charge in [-0.25, -0.2) is 4.98 Å². The second kappa shape index (κ2) is 10.8. The third-order valence-electron chi connectivity index (χ3n) is 5.85. The SMILES string of the molecule is CC.O=C(c1ccc(OC2CCOCC2)nc1)N1CCCN(C2CCC2)CC1. The highest BCUT2D eigenvalue weighted by atomic mass is 16.5. The summed E-state index contributed by atoms with van der Waals surface area (Å²) in [4.78, 5) is 21.7. The van der Waals surface area contributed by atoms with E-state index in [-0.39, 0.29) is 12.0 Å². The number of amides is 1. The fourth-order valence-corrected chi connectivity index (χ4v) is 3.98. The average Bonchev–Trinajstić information content (AvgIpc) is 2.95. The number of pyridine rings is 1. The molecular weight excluding hydrogens is 354 g/mol. The van der Waals surface area contributed by atoms with Gasteiger partial charge in [0, 0.05) is 57.3 Å². The van der Waals surface area contributed by atoms with Gasteiger partial charge in [0.1, 0.15) is 6.10 Å². The van der Waals surface area contributed by atoms with Crippen LogP contribution in [0.5, 0.6) is 5.88 Å². The van der Waals surface area contributed by atoms with Crippen molar-refractivity contribution in [3.63, 3.8) is 0 Å². The van der Waals surface area contributed by atoms with Gasteiger partial charge < -0.3 is 14.4 Å². The summed E-state index contributed by atoms with van der Waals surface area (Å²) in [6.45, 7) is 9.25. The average molecular weight is 390 g/mol. The Balaban J connectivity index is 0.00000109. The van der Waals surface area contributed by atoms with Gasteiger partial charge in [-0.1, -0.05) is 20.3 Å². The predicted octanol–water partition coefficient (Wildman–Crippen LogP) is 3.37. The third-order valence-corrected chi connectivity index (χ3v) is 5.85. The standard InChI is InChI=1S/C20H29N3O3.C2H6/c24-20(23-10-2-9-22(11-12-23)17-3-1-4-17)16-5-6-19(21-15-16)26-18-7-13-25-14-8-18;1-2/h5-6,15,17-18H,1-4,7-14H2;1-2H3. The first kappa shape index (κ1) is 21.1. The topological polar surface area (TPSA) is 54.9 Å². The number of ether oxygens (including phenoxy) is 2.